The lowest BCUT2D eigenvalue weighted by Crippen LogP contribution is -2.61. The third-order valence-corrected chi connectivity index (χ3v) is 14.4. The highest BCUT2D eigenvalue weighted by Crippen LogP contribution is 2.38. The van der Waals surface area contributed by atoms with E-state index in [9.17, 15) is 34.2 Å². The molecule has 0 aromatic carbocycles. The van der Waals surface area contributed by atoms with Crippen LogP contribution in [0.25, 0.3) is 0 Å². The third-order valence-electron chi connectivity index (χ3n) is 14.4. The molecular weight excluding hydrogens is 838 g/mol. The molecule has 3 fully saturated rings. The normalized spacial score (nSPS) is 39.1. The number of aliphatic hydroxyl groups excluding tert-OH is 1. The van der Waals surface area contributed by atoms with Crippen LogP contribution in [0, 0.1) is 35.5 Å². The summed E-state index contributed by atoms with van der Waals surface area (Å²) in [6.07, 6.45) is 9.94. The van der Waals surface area contributed by atoms with Crippen molar-refractivity contribution in [3.8, 4) is 0 Å². The molecule has 1 aliphatic carbocycles. The van der Waals surface area contributed by atoms with E-state index in [0.29, 0.717) is 64.2 Å². The van der Waals surface area contributed by atoms with Crippen molar-refractivity contribution in [2.24, 2.45) is 35.5 Å². The maximum Gasteiger partial charge on any atom is 0.329 e. The number of rotatable bonds is 6. The number of hydrogen-bond acceptors (Lipinski definition) is 12. The van der Waals surface area contributed by atoms with Crippen LogP contribution < -0.4 is 0 Å². The number of Topliss-reactive ketones (excluding diaryl/α,β-unsaturated/α-hetero) is 3. The Morgan fingerprint density at radius 1 is 0.877 bits per heavy atom. The van der Waals surface area contributed by atoms with E-state index in [1.807, 2.05) is 51.2 Å². The van der Waals surface area contributed by atoms with E-state index < -0.39 is 83.9 Å². The fourth-order valence-electron chi connectivity index (χ4n) is 10.1. The lowest BCUT2D eigenvalue weighted by molar-refractivity contribution is -0.265. The molecular formula is C51H78FNO12. The van der Waals surface area contributed by atoms with Crippen LogP contribution in [0.15, 0.2) is 47.6 Å². The number of aliphatic hydroxyl groups is 2. The van der Waals surface area contributed by atoms with E-state index in [2.05, 4.69) is 0 Å². The van der Waals surface area contributed by atoms with Crippen LogP contribution in [0.2, 0.25) is 0 Å². The summed E-state index contributed by atoms with van der Waals surface area (Å²) in [5.74, 6) is -8.44. The van der Waals surface area contributed by atoms with Gasteiger partial charge in [0.25, 0.3) is 11.7 Å². The zero-order chi connectivity index (χ0) is 48.2. The van der Waals surface area contributed by atoms with Gasteiger partial charge >= 0.3 is 5.97 Å². The van der Waals surface area contributed by atoms with Gasteiger partial charge in [-0.2, -0.15) is 0 Å². The molecule has 0 aromatic rings. The Morgan fingerprint density at radius 3 is 2.28 bits per heavy atom. The van der Waals surface area contributed by atoms with Gasteiger partial charge in [-0.1, -0.05) is 71.1 Å². The summed E-state index contributed by atoms with van der Waals surface area (Å²) in [6.45, 7) is 12.4. The Morgan fingerprint density at radius 2 is 1.60 bits per heavy atom. The van der Waals surface area contributed by atoms with Crippen LogP contribution in [0.1, 0.15) is 126 Å². The molecule has 65 heavy (non-hydrogen) atoms. The number of alkyl halides is 1. The summed E-state index contributed by atoms with van der Waals surface area (Å²) in [5.41, 5.74) is 1.03. The number of hydrogen-bond donors (Lipinski definition) is 2. The topological polar surface area (TPSA) is 175 Å². The van der Waals surface area contributed by atoms with E-state index in [0.717, 1.165) is 5.57 Å². The molecule has 2 bridgehead atoms. The maximum absolute atomic E-state index is 16.2. The minimum absolute atomic E-state index is 0.0215. The molecule has 2 saturated heterocycles. The molecule has 3 aliphatic heterocycles. The van der Waals surface area contributed by atoms with Crippen molar-refractivity contribution in [1.82, 2.24) is 4.90 Å². The molecule has 3 unspecified atom stereocenters. The molecule has 14 heteroatoms. The second-order valence-corrected chi connectivity index (χ2v) is 19.5. The molecule has 2 N–H and O–H groups in total. The van der Waals surface area contributed by atoms with E-state index in [1.165, 1.54) is 25.0 Å². The van der Waals surface area contributed by atoms with E-state index in [1.54, 1.807) is 35.0 Å². The highest BCUT2D eigenvalue weighted by Gasteiger charge is 2.53. The average Bonchev–Trinajstić information content (AvgIpc) is 3.28. The van der Waals surface area contributed by atoms with Crippen molar-refractivity contribution in [3.63, 3.8) is 0 Å². The quantitative estimate of drug-likeness (QED) is 0.157. The van der Waals surface area contributed by atoms with Gasteiger partial charge in [0.05, 0.1) is 24.4 Å². The van der Waals surface area contributed by atoms with Crippen LogP contribution in [0.4, 0.5) is 4.39 Å². The number of fused-ring (bicyclic) bond motifs is 3. The van der Waals surface area contributed by atoms with Crippen LogP contribution >= 0.6 is 0 Å². The van der Waals surface area contributed by atoms with Crippen LogP contribution in [0.5, 0.6) is 0 Å². The van der Waals surface area contributed by atoms with Crippen molar-refractivity contribution >= 4 is 29.2 Å². The molecule has 13 nitrogen and oxygen atoms in total. The zero-order valence-electron chi connectivity index (χ0n) is 40.5. The standard InChI is InChI=1S/C51H78FNO12/c1-30-16-12-11-13-17-31(2)42(61-8)28-38-21-19-36(7)51(60,65-38)48(57)49(58)53-23-15-14-18-39(53)50(59)64-43(33(4)26-37-20-22-40(54)44(27-37)62-9)29-41(55)32(3)25-34(5)45(52)47(63-10)46(56)35(6)24-30/h11-13,16-17,25,30,32-33,35-40,42-45,47,54,60H,14-15,18-24,26-29H2,1-10H3/b13-11?,16-12+,31-17?,34-25+/t30-,32-,33-,35-,36-,37?,38+,39+,40+,42+,43?,44-,45?,47-,51-/m1/s1. The predicted octanol–water partition coefficient (Wildman–Crippen LogP) is 7.16. The van der Waals surface area contributed by atoms with Gasteiger partial charge in [0.15, 0.2) is 18.1 Å². The second kappa shape index (κ2) is 25.1. The number of amides is 1. The van der Waals surface area contributed by atoms with Crippen LogP contribution in [-0.4, -0.2) is 127 Å². The molecule has 1 amide bonds. The monoisotopic (exact) mass is 916 g/mol. The van der Waals surface area contributed by atoms with Crippen molar-refractivity contribution in [2.75, 3.05) is 27.9 Å². The summed E-state index contributed by atoms with van der Waals surface area (Å²) < 4.78 is 45.4. The molecule has 4 aliphatic rings. The molecule has 15 atom stereocenters. The molecule has 0 spiro atoms. The van der Waals surface area contributed by atoms with Gasteiger partial charge < -0.3 is 38.8 Å². The average molecular weight is 916 g/mol. The Bertz CT molecular complexity index is 1760. The van der Waals surface area contributed by atoms with Crippen molar-refractivity contribution < 1.29 is 62.3 Å². The van der Waals surface area contributed by atoms with Gasteiger partial charge in [0.1, 0.15) is 17.9 Å². The largest absolute Gasteiger partial charge is 0.460 e. The lowest BCUT2D eigenvalue weighted by Gasteiger charge is -2.42. The van der Waals surface area contributed by atoms with E-state index in [-0.39, 0.29) is 60.4 Å². The first-order valence-corrected chi connectivity index (χ1v) is 23.9. The summed E-state index contributed by atoms with van der Waals surface area (Å²) in [6, 6.07) is -1.16. The SMILES string of the molecule is CO[C@H]1C[C@@H]2CC[C@@H](C)[C@@](O)(O2)C(=O)C(=O)N2CCCC[C@H]2C(=O)OC([C@H](C)CC2CC[C@H](O)[C@H](OC)C2)CC(=O)[C@H](C)/C=C(\C)C(F)[C@@H](OC)C(=O)[C@H](C)C[C@H](C)/C=C/C=CC=C1C. The van der Waals surface area contributed by atoms with Gasteiger partial charge in [0, 0.05) is 58.5 Å². The third kappa shape index (κ3) is 14.3. The van der Waals surface area contributed by atoms with Crippen LogP contribution in [0.3, 0.4) is 0 Å². The fourth-order valence-corrected chi connectivity index (χ4v) is 10.1. The van der Waals surface area contributed by atoms with Crippen molar-refractivity contribution in [3.05, 3.63) is 47.6 Å². The molecule has 366 valence electrons. The van der Waals surface area contributed by atoms with Crippen molar-refractivity contribution in [2.45, 2.75) is 180 Å². The van der Waals surface area contributed by atoms with Crippen LogP contribution in [-0.2, 0) is 47.7 Å². The number of ketones is 3. The predicted molar refractivity (Wildman–Crippen MR) is 244 cm³/mol. The first kappa shape index (κ1) is 54.2. The van der Waals surface area contributed by atoms with Gasteiger partial charge in [-0.3, -0.25) is 19.2 Å². The number of carbonyl (C=O) groups is 5. The zero-order valence-corrected chi connectivity index (χ0v) is 40.5. The highest BCUT2D eigenvalue weighted by atomic mass is 19.1. The summed E-state index contributed by atoms with van der Waals surface area (Å²) >= 11 is 0. The number of piperidine rings is 1. The second-order valence-electron chi connectivity index (χ2n) is 19.5. The number of nitrogens with zero attached hydrogens (tertiary/aromatic N) is 1. The molecule has 1 saturated carbocycles. The van der Waals surface area contributed by atoms with E-state index >= 15 is 4.39 Å². The van der Waals surface area contributed by atoms with Crippen molar-refractivity contribution in [1.29, 1.82) is 0 Å². The van der Waals surface area contributed by atoms with Gasteiger partial charge in [-0.25, -0.2) is 9.18 Å². The molecule has 0 aromatic heterocycles. The number of ether oxygens (including phenoxy) is 5. The number of methoxy groups -OCH3 is 3. The number of halogens is 1. The first-order valence-electron chi connectivity index (χ1n) is 23.9. The number of carbonyl (C=O) groups excluding carboxylic acids is 5. The molecule has 4 rings (SSSR count). The smallest absolute Gasteiger partial charge is 0.329 e. The molecule has 0 radical (unpaired) electrons. The Balaban J connectivity index is 1.70. The Kier molecular flexibility index (Phi) is 20.9. The first-order chi connectivity index (χ1) is 30.7. The fraction of sp³-hybridized carbons (Fsp3) is 0.745. The maximum atomic E-state index is 16.2. The summed E-state index contributed by atoms with van der Waals surface area (Å²) in [7, 11) is 4.42. The summed E-state index contributed by atoms with van der Waals surface area (Å²) in [4.78, 5) is 71.6. The van der Waals surface area contributed by atoms with Gasteiger partial charge in [0.2, 0.25) is 5.79 Å². The minimum Gasteiger partial charge on any atom is -0.460 e. The van der Waals surface area contributed by atoms with Gasteiger partial charge in [-0.05, 0) is 107 Å². The highest BCUT2D eigenvalue weighted by molar-refractivity contribution is 6.39. The Labute approximate surface area is 386 Å². The number of esters is 1. The number of allylic oxidation sites excluding steroid dienone is 6. The summed E-state index contributed by atoms with van der Waals surface area (Å²) in [5, 5.41) is 22.4. The van der Waals surface area contributed by atoms with Gasteiger partial charge in [-0.15, -0.1) is 0 Å². The number of cyclic esters (lactones) is 1. The Hall–Kier alpha value is -3.40. The minimum atomic E-state index is -2.44. The molecule has 3 heterocycles. The van der Waals surface area contributed by atoms with E-state index in [4.69, 9.17) is 23.7 Å². The lowest BCUT2D eigenvalue weighted by atomic mass is 9.78.